The maximum atomic E-state index is 13.1. The molecular formula is C41H38N2O13. The summed E-state index contributed by atoms with van der Waals surface area (Å²) in [6.45, 7) is 2.67. The van der Waals surface area contributed by atoms with Crippen molar-refractivity contribution in [2.24, 2.45) is 0 Å². The second kappa shape index (κ2) is 18.2. The number of carbonyl (C=O) groups excluding carboxylic acids is 2. The van der Waals surface area contributed by atoms with E-state index in [1.54, 1.807) is 18.2 Å². The third kappa shape index (κ3) is 9.57. The Bertz CT molecular complexity index is 2470. The molecule has 3 aromatic carbocycles. The van der Waals surface area contributed by atoms with Gasteiger partial charge in [-0.05, 0) is 79.1 Å². The molecule has 56 heavy (non-hydrogen) atoms. The Hall–Kier alpha value is -6.55. The number of benzene rings is 4. The average Bonchev–Trinajstić information content (AvgIpc) is 3.17. The van der Waals surface area contributed by atoms with Crippen LogP contribution in [0.15, 0.2) is 97.3 Å². The van der Waals surface area contributed by atoms with E-state index in [2.05, 4.69) is 10.6 Å². The molecule has 4 aromatic rings. The Labute approximate surface area is 318 Å². The Morgan fingerprint density at radius 2 is 1.25 bits per heavy atom. The highest BCUT2D eigenvalue weighted by Gasteiger charge is 2.23. The van der Waals surface area contributed by atoms with Gasteiger partial charge in [-0.15, -0.1) is 0 Å². The summed E-state index contributed by atoms with van der Waals surface area (Å²) in [4.78, 5) is 62.1. The number of carbonyl (C=O) groups is 3. The van der Waals surface area contributed by atoms with Gasteiger partial charge in [-0.1, -0.05) is 0 Å². The van der Waals surface area contributed by atoms with Gasteiger partial charge in [0.25, 0.3) is 11.8 Å². The molecule has 0 radical (unpaired) electrons. The van der Waals surface area contributed by atoms with Crippen molar-refractivity contribution in [1.29, 1.82) is 0 Å². The van der Waals surface area contributed by atoms with Crippen LogP contribution in [0.4, 0.5) is 0 Å². The van der Waals surface area contributed by atoms with Gasteiger partial charge in [0.1, 0.15) is 34.0 Å². The first kappa shape index (κ1) is 39.2. The van der Waals surface area contributed by atoms with E-state index in [-0.39, 0.29) is 62.7 Å². The zero-order chi connectivity index (χ0) is 39.6. The van der Waals surface area contributed by atoms with Gasteiger partial charge in [-0.25, -0.2) is 9.59 Å². The van der Waals surface area contributed by atoms with Crippen LogP contribution in [0.2, 0.25) is 0 Å². The number of aromatic carboxylic acids is 1. The lowest BCUT2D eigenvalue weighted by Crippen LogP contribution is -2.29. The Kier molecular flexibility index (Phi) is 12.7. The first-order chi connectivity index (χ1) is 27.1. The molecule has 15 heteroatoms. The molecule has 0 spiro atoms. The third-order valence-electron chi connectivity index (χ3n) is 8.67. The molecular weight excluding hydrogens is 728 g/mol. The molecule has 2 amide bonds. The van der Waals surface area contributed by atoms with Gasteiger partial charge in [0.15, 0.2) is 5.43 Å². The molecule has 0 fully saturated rings. The molecule has 0 atom stereocenters. The van der Waals surface area contributed by atoms with Crippen LogP contribution in [0.5, 0.6) is 11.5 Å². The minimum atomic E-state index is -1.21. The molecule has 0 unspecified atom stereocenters. The van der Waals surface area contributed by atoms with Gasteiger partial charge in [0.2, 0.25) is 0 Å². The van der Waals surface area contributed by atoms with Gasteiger partial charge < -0.3 is 49.0 Å². The molecule has 2 aliphatic rings. The Balaban J connectivity index is 0.880. The second-order valence-electron chi connectivity index (χ2n) is 12.6. The number of aromatic hydroxyl groups is 2. The lowest BCUT2D eigenvalue weighted by molar-refractivity contribution is 0.0139. The molecule has 2 heterocycles. The first-order valence-corrected chi connectivity index (χ1v) is 17.7. The number of hydrogen-bond acceptors (Lipinski definition) is 12. The molecule has 15 nitrogen and oxygen atoms in total. The fraction of sp³-hybridized carbons (Fsp3) is 0.244. The van der Waals surface area contributed by atoms with Crippen molar-refractivity contribution < 1.29 is 52.7 Å². The van der Waals surface area contributed by atoms with E-state index < -0.39 is 23.4 Å². The number of rotatable bonds is 18. The largest absolute Gasteiger partial charge is 0.508 e. The number of phenolic OH excluding ortho intramolecular Hbond substituents is 2. The summed E-state index contributed by atoms with van der Waals surface area (Å²) < 4.78 is 27.6. The predicted molar refractivity (Wildman–Crippen MR) is 204 cm³/mol. The number of ether oxygens (including phenoxy) is 3. The van der Waals surface area contributed by atoms with Crippen molar-refractivity contribution in [2.45, 2.75) is 12.8 Å². The standard InChI is InChI=1S/C41H38N2O13/c44-26-5-3-24-19-33(41(51)56-34(24)21-26)39(48)43-12-2-14-53-16-18-54-17-15-52-13-1-11-42-38(47)25-4-8-29(40(49)50)32(20-25)37-30-9-6-27(45)22-35(30)55-36-23-28(46)7-10-31(36)37/h3-10,19-23,44-45H,1-2,11-18H2,(H,42,47)(H,43,48)(H,49,50). The molecule has 6 rings (SSSR count). The monoisotopic (exact) mass is 766 g/mol. The summed E-state index contributed by atoms with van der Waals surface area (Å²) in [6.07, 6.45) is 1.03. The zero-order valence-corrected chi connectivity index (χ0v) is 30.0. The van der Waals surface area contributed by atoms with E-state index in [9.17, 15) is 39.3 Å². The number of fused-ring (bicyclic) bond motifs is 3. The summed E-state index contributed by atoms with van der Waals surface area (Å²) in [6, 6.07) is 18.6. The van der Waals surface area contributed by atoms with Gasteiger partial charge in [-0.3, -0.25) is 14.4 Å². The lowest BCUT2D eigenvalue weighted by Gasteiger charge is -2.17. The molecule has 1 aliphatic carbocycles. The Morgan fingerprint density at radius 3 is 1.95 bits per heavy atom. The van der Waals surface area contributed by atoms with Crippen molar-refractivity contribution in [1.82, 2.24) is 10.6 Å². The van der Waals surface area contributed by atoms with Crippen LogP contribution >= 0.6 is 0 Å². The summed E-state index contributed by atoms with van der Waals surface area (Å²) in [5, 5.41) is 36.1. The van der Waals surface area contributed by atoms with Gasteiger partial charge >= 0.3 is 11.6 Å². The normalized spacial score (nSPS) is 11.3. The van der Waals surface area contributed by atoms with Crippen LogP contribution in [0, 0.1) is 0 Å². The quantitative estimate of drug-likeness (QED) is 0.0452. The number of nitrogens with one attached hydrogen (secondary N) is 2. The predicted octanol–water partition coefficient (Wildman–Crippen LogP) is 4.77. The van der Waals surface area contributed by atoms with Gasteiger partial charge in [-0.2, -0.15) is 0 Å². The van der Waals surface area contributed by atoms with E-state index >= 15 is 0 Å². The van der Waals surface area contributed by atoms with Crippen LogP contribution in [0.1, 0.15) is 43.9 Å². The molecule has 0 saturated carbocycles. The van der Waals surface area contributed by atoms with E-state index in [4.69, 9.17) is 23.0 Å². The average molecular weight is 767 g/mol. The molecule has 290 valence electrons. The van der Waals surface area contributed by atoms with Crippen LogP contribution in [-0.2, 0) is 14.2 Å². The fourth-order valence-corrected chi connectivity index (χ4v) is 5.98. The number of carboxylic acid groups (broad SMARTS) is 1. The van der Waals surface area contributed by atoms with Gasteiger partial charge in [0, 0.05) is 72.0 Å². The highest BCUT2D eigenvalue weighted by molar-refractivity contribution is 6.09. The van der Waals surface area contributed by atoms with E-state index in [0.29, 0.717) is 80.9 Å². The van der Waals surface area contributed by atoms with Crippen LogP contribution in [0.25, 0.3) is 44.4 Å². The van der Waals surface area contributed by atoms with Gasteiger partial charge in [0.05, 0.1) is 32.0 Å². The highest BCUT2D eigenvalue weighted by atomic mass is 16.5. The minimum absolute atomic E-state index is 0.0477. The third-order valence-corrected chi connectivity index (χ3v) is 8.67. The maximum absolute atomic E-state index is 13.1. The topological polar surface area (TPSA) is 224 Å². The SMILES string of the molecule is O=C(NCCCOCCOCCOCCCNC(=O)c1cc2ccc(O)cc2oc1=O)c1ccc(C(=O)O)c(-c2c3ccc(=O)cc-3oc3cc(O)ccc23)c1. The molecule has 1 aromatic heterocycles. The summed E-state index contributed by atoms with van der Waals surface area (Å²) in [5.74, 6) is -2.10. The smallest absolute Gasteiger partial charge is 0.349 e. The first-order valence-electron chi connectivity index (χ1n) is 17.7. The van der Waals surface area contributed by atoms with Crippen LogP contribution in [0.3, 0.4) is 0 Å². The number of phenols is 2. The highest BCUT2D eigenvalue weighted by Crippen LogP contribution is 2.42. The summed E-state index contributed by atoms with van der Waals surface area (Å²) in [7, 11) is 0. The fourth-order valence-electron chi connectivity index (χ4n) is 5.98. The minimum Gasteiger partial charge on any atom is -0.508 e. The van der Waals surface area contributed by atoms with E-state index in [0.717, 1.165) is 0 Å². The van der Waals surface area contributed by atoms with Crippen molar-refractivity contribution in [3.63, 3.8) is 0 Å². The van der Waals surface area contributed by atoms with Crippen molar-refractivity contribution in [3.8, 4) is 33.9 Å². The summed E-state index contributed by atoms with van der Waals surface area (Å²) in [5.41, 5.74) is 0.522. The van der Waals surface area contributed by atoms with E-state index in [1.165, 1.54) is 60.7 Å². The molecule has 0 saturated heterocycles. The van der Waals surface area contributed by atoms with Crippen LogP contribution in [-0.4, -0.2) is 85.8 Å². The number of hydrogen-bond donors (Lipinski definition) is 5. The maximum Gasteiger partial charge on any atom is 0.349 e. The van der Waals surface area contributed by atoms with Crippen molar-refractivity contribution in [2.75, 3.05) is 52.7 Å². The second-order valence-corrected chi connectivity index (χ2v) is 12.6. The number of carboxylic acids is 1. The molecule has 1 aliphatic heterocycles. The molecule has 0 bridgehead atoms. The zero-order valence-electron chi connectivity index (χ0n) is 30.0. The van der Waals surface area contributed by atoms with Crippen molar-refractivity contribution in [3.05, 3.63) is 116 Å². The Morgan fingerprint density at radius 1 is 0.607 bits per heavy atom. The molecule has 5 N–H and O–H groups in total. The van der Waals surface area contributed by atoms with E-state index in [1.807, 2.05) is 0 Å². The van der Waals surface area contributed by atoms with Crippen LogP contribution < -0.4 is 21.7 Å². The van der Waals surface area contributed by atoms with Crippen molar-refractivity contribution >= 4 is 39.7 Å². The number of amides is 2. The summed E-state index contributed by atoms with van der Waals surface area (Å²) >= 11 is 0. The lowest BCUT2D eigenvalue weighted by atomic mass is 9.89.